The minimum Gasteiger partial charge on any atom is -0.245 e. The van der Waals surface area contributed by atoms with E-state index in [1.165, 1.54) is 40.3 Å². The minimum absolute atomic E-state index is 0.597. The fourth-order valence-electron chi connectivity index (χ4n) is 4.24. The Kier molecular flexibility index (Phi) is 4.49. The predicted octanol–water partition coefficient (Wildman–Crippen LogP) is 8.54. The van der Waals surface area contributed by atoms with E-state index in [2.05, 4.69) is 103 Å². The first-order valence-electron chi connectivity index (χ1n) is 10.3. The number of fused-ring (bicyclic) bond motifs is 6. The molecule has 0 amide bonds. The Morgan fingerprint density at radius 3 is 2.12 bits per heavy atom. The molecule has 6 rings (SSSR count). The molecule has 32 heavy (non-hydrogen) atoms. The minimum atomic E-state index is 0.597. The zero-order chi connectivity index (χ0) is 21.7. The fraction of sp³-hybridized carbons (Fsp3) is 0. The number of thiophene rings is 2. The molecular formula is C28H18N2S2. The van der Waals surface area contributed by atoms with E-state index in [-0.39, 0.29) is 0 Å². The molecule has 0 radical (unpaired) electrons. The predicted molar refractivity (Wildman–Crippen MR) is 144 cm³/mol. The van der Waals surface area contributed by atoms with Gasteiger partial charge in [0.15, 0.2) is 5.84 Å². The van der Waals surface area contributed by atoms with Crippen molar-refractivity contribution in [2.24, 2.45) is 9.98 Å². The van der Waals surface area contributed by atoms with Crippen LogP contribution in [0.3, 0.4) is 0 Å². The van der Waals surface area contributed by atoms with Crippen molar-refractivity contribution in [2.75, 3.05) is 0 Å². The molecule has 0 N–H and O–H groups in total. The normalized spacial score (nSPS) is 12.2. The summed E-state index contributed by atoms with van der Waals surface area (Å²) in [6, 6.07) is 29.7. The number of rotatable bonds is 3. The number of hydrogen-bond acceptors (Lipinski definition) is 3. The lowest BCUT2D eigenvalue weighted by Gasteiger charge is -2.07. The van der Waals surface area contributed by atoms with Crippen molar-refractivity contribution in [1.29, 1.82) is 0 Å². The lowest BCUT2D eigenvalue weighted by molar-refractivity contribution is 1.49. The maximum Gasteiger partial charge on any atom is 0.159 e. The summed E-state index contributed by atoms with van der Waals surface area (Å²) in [7, 11) is 0. The third-order valence-corrected chi connectivity index (χ3v) is 8.03. The molecule has 0 aliphatic rings. The van der Waals surface area contributed by atoms with Crippen molar-refractivity contribution in [1.82, 2.24) is 0 Å². The number of benzene rings is 4. The molecule has 2 aromatic heterocycles. The standard InChI is InChI=1S/C28H18N2S2/c1-17(18-14-15-25-22(16-18)19-8-3-5-11-23(19)31-25)30-28(29-2)21-10-7-13-26-27(21)20-9-4-6-12-24(20)32-26/h3-16H,1-2H2. The smallest absolute Gasteiger partial charge is 0.159 e. The van der Waals surface area contributed by atoms with Gasteiger partial charge in [-0.1, -0.05) is 61.2 Å². The first-order valence-corrected chi connectivity index (χ1v) is 11.9. The summed E-state index contributed by atoms with van der Waals surface area (Å²) in [4.78, 5) is 9.15. The molecule has 6 aromatic rings. The van der Waals surface area contributed by atoms with E-state index in [0.717, 1.165) is 11.1 Å². The van der Waals surface area contributed by atoms with Gasteiger partial charge < -0.3 is 0 Å². The molecule has 0 unspecified atom stereocenters. The van der Waals surface area contributed by atoms with Crippen LogP contribution in [0.1, 0.15) is 11.1 Å². The van der Waals surface area contributed by atoms with Gasteiger partial charge in [-0.25, -0.2) is 9.98 Å². The summed E-state index contributed by atoms with van der Waals surface area (Å²) in [6.07, 6.45) is 0. The number of amidine groups is 1. The van der Waals surface area contributed by atoms with Gasteiger partial charge in [0.25, 0.3) is 0 Å². The van der Waals surface area contributed by atoms with Gasteiger partial charge in [0, 0.05) is 51.5 Å². The Morgan fingerprint density at radius 1 is 0.656 bits per heavy atom. The molecule has 4 aromatic carbocycles. The second-order valence-corrected chi connectivity index (χ2v) is 9.79. The molecule has 4 heteroatoms. The van der Waals surface area contributed by atoms with Crippen LogP contribution in [0.2, 0.25) is 0 Å². The summed E-state index contributed by atoms with van der Waals surface area (Å²) >= 11 is 3.59. The van der Waals surface area contributed by atoms with Gasteiger partial charge in [-0.2, -0.15) is 0 Å². The highest BCUT2D eigenvalue weighted by Gasteiger charge is 2.14. The summed E-state index contributed by atoms with van der Waals surface area (Å²) in [5.41, 5.74) is 2.66. The molecule has 2 heterocycles. The molecule has 0 aliphatic carbocycles. The van der Waals surface area contributed by atoms with Crippen molar-refractivity contribution in [3.05, 3.63) is 103 Å². The third kappa shape index (κ3) is 3.00. The monoisotopic (exact) mass is 446 g/mol. The van der Waals surface area contributed by atoms with Crippen LogP contribution >= 0.6 is 22.7 Å². The average molecular weight is 447 g/mol. The molecule has 0 atom stereocenters. The highest BCUT2D eigenvalue weighted by atomic mass is 32.1. The number of hydrogen-bond donors (Lipinski definition) is 0. The van der Waals surface area contributed by atoms with Crippen LogP contribution in [-0.2, 0) is 0 Å². The first-order chi connectivity index (χ1) is 15.7. The van der Waals surface area contributed by atoms with Crippen LogP contribution in [0.25, 0.3) is 46.0 Å². The summed E-state index contributed by atoms with van der Waals surface area (Å²) < 4.78 is 5.03. The van der Waals surface area contributed by atoms with Crippen LogP contribution in [0.4, 0.5) is 0 Å². The van der Waals surface area contributed by atoms with Crippen molar-refractivity contribution in [3.63, 3.8) is 0 Å². The topological polar surface area (TPSA) is 24.7 Å². The van der Waals surface area contributed by atoms with E-state index in [9.17, 15) is 0 Å². The quantitative estimate of drug-likeness (QED) is 0.192. The van der Waals surface area contributed by atoms with E-state index in [4.69, 9.17) is 4.99 Å². The van der Waals surface area contributed by atoms with Crippen LogP contribution in [-0.4, -0.2) is 12.6 Å². The summed E-state index contributed by atoms with van der Waals surface area (Å²) in [5.74, 6) is 0.597. The molecule has 152 valence electrons. The zero-order valence-corrected chi connectivity index (χ0v) is 18.8. The molecule has 0 saturated heterocycles. The third-order valence-electron chi connectivity index (χ3n) is 5.74. The Hall–Kier alpha value is -3.60. The second-order valence-electron chi connectivity index (χ2n) is 7.63. The largest absolute Gasteiger partial charge is 0.245 e. The van der Waals surface area contributed by atoms with E-state index >= 15 is 0 Å². The van der Waals surface area contributed by atoms with E-state index in [1.807, 2.05) is 11.3 Å². The zero-order valence-electron chi connectivity index (χ0n) is 17.2. The highest BCUT2D eigenvalue weighted by molar-refractivity contribution is 7.26. The molecule has 0 bridgehead atoms. The Bertz CT molecular complexity index is 1720. The van der Waals surface area contributed by atoms with Crippen LogP contribution in [0.15, 0.2) is 101 Å². The maximum atomic E-state index is 4.84. The van der Waals surface area contributed by atoms with Crippen molar-refractivity contribution < 1.29 is 0 Å². The van der Waals surface area contributed by atoms with Gasteiger partial charge >= 0.3 is 0 Å². The molecule has 0 aliphatic heterocycles. The van der Waals surface area contributed by atoms with Gasteiger partial charge in [0.05, 0.1) is 5.70 Å². The molecule has 0 saturated carbocycles. The lowest BCUT2D eigenvalue weighted by Crippen LogP contribution is -1.98. The van der Waals surface area contributed by atoms with E-state index in [1.54, 1.807) is 11.3 Å². The highest BCUT2D eigenvalue weighted by Crippen LogP contribution is 2.37. The number of aliphatic imine (C=N–C) groups is 2. The van der Waals surface area contributed by atoms with Crippen molar-refractivity contribution in [2.45, 2.75) is 0 Å². The first kappa shape index (κ1) is 19.1. The lowest BCUT2D eigenvalue weighted by atomic mass is 10.0. The second kappa shape index (κ2) is 7.52. The van der Waals surface area contributed by atoms with Crippen molar-refractivity contribution in [3.8, 4) is 0 Å². The van der Waals surface area contributed by atoms with Crippen LogP contribution in [0.5, 0.6) is 0 Å². The maximum absolute atomic E-state index is 4.84. The van der Waals surface area contributed by atoms with Gasteiger partial charge in [-0.3, -0.25) is 0 Å². The van der Waals surface area contributed by atoms with Crippen molar-refractivity contribution >= 4 is 81.3 Å². The van der Waals surface area contributed by atoms with E-state index < -0.39 is 0 Å². The van der Waals surface area contributed by atoms with Gasteiger partial charge in [0.1, 0.15) is 0 Å². The van der Waals surface area contributed by atoms with Gasteiger partial charge in [-0.05, 0) is 37.0 Å². The van der Waals surface area contributed by atoms with Gasteiger partial charge in [0.2, 0.25) is 0 Å². The molecule has 0 spiro atoms. The molecular weight excluding hydrogens is 428 g/mol. The Balaban J connectivity index is 1.49. The Morgan fingerprint density at radius 2 is 1.31 bits per heavy atom. The van der Waals surface area contributed by atoms with Crippen LogP contribution in [0, 0.1) is 0 Å². The van der Waals surface area contributed by atoms with E-state index in [0.29, 0.717) is 11.5 Å². The molecule has 0 fully saturated rings. The fourth-order valence-corrected chi connectivity index (χ4v) is 6.46. The SMILES string of the molecule is C=NC(=NC(=C)c1ccc2sc3ccccc3c2c1)c1cccc2sc3ccccc3c12. The average Bonchev–Trinajstić information content (AvgIpc) is 3.40. The Labute approximate surface area is 193 Å². The number of nitrogens with zero attached hydrogens (tertiary/aromatic N) is 2. The van der Waals surface area contributed by atoms with Crippen LogP contribution < -0.4 is 0 Å². The summed E-state index contributed by atoms with van der Waals surface area (Å²) in [5, 5.41) is 4.89. The summed E-state index contributed by atoms with van der Waals surface area (Å²) in [6.45, 7) is 8.09. The van der Waals surface area contributed by atoms with Gasteiger partial charge in [-0.15, -0.1) is 22.7 Å². The molecule has 2 nitrogen and oxygen atoms in total.